The second kappa shape index (κ2) is 6.05. The standard InChI is InChI=1S/C11H15ClFNO3/c1-14-5-8(15)6-4-7(12)9(13)11(17-3)10(6)16-2/h4,8,14-15H,5H2,1-3H3. The molecule has 1 aromatic rings. The second-order valence-electron chi connectivity index (χ2n) is 3.40. The van der Waals surface area contributed by atoms with Crippen molar-refractivity contribution in [2.45, 2.75) is 6.10 Å². The van der Waals surface area contributed by atoms with Crippen molar-refractivity contribution in [1.29, 1.82) is 0 Å². The van der Waals surface area contributed by atoms with E-state index in [-0.39, 0.29) is 16.5 Å². The Balaban J connectivity index is 3.33. The molecule has 1 rings (SSSR count). The molecule has 0 amide bonds. The highest BCUT2D eigenvalue weighted by Gasteiger charge is 2.22. The van der Waals surface area contributed by atoms with Gasteiger partial charge in [0.1, 0.15) is 0 Å². The van der Waals surface area contributed by atoms with Gasteiger partial charge in [-0.3, -0.25) is 0 Å². The summed E-state index contributed by atoms with van der Waals surface area (Å²) in [5.74, 6) is -0.659. The first-order valence-corrected chi connectivity index (χ1v) is 5.37. The number of aliphatic hydroxyl groups is 1. The largest absolute Gasteiger partial charge is 0.492 e. The van der Waals surface area contributed by atoms with Gasteiger partial charge in [-0.15, -0.1) is 0 Å². The second-order valence-corrected chi connectivity index (χ2v) is 3.81. The maximum Gasteiger partial charge on any atom is 0.198 e. The van der Waals surface area contributed by atoms with Gasteiger partial charge in [0, 0.05) is 12.1 Å². The Morgan fingerprint density at radius 1 is 1.41 bits per heavy atom. The summed E-state index contributed by atoms with van der Waals surface area (Å²) < 4.78 is 23.6. The number of methoxy groups -OCH3 is 2. The zero-order valence-corrected chi connectivity index (χ0v) is 10.6. The Kier molecular flexibility index (Phi) is 4.99. The number of benzene rings is 1. The highest BCUT2D eigenvalue weighted by molar-refractivity contribution is 6.31. The smallest absolute Gasteiger partial charge is 0.198 e. The molecule has 0 aliphatic heterocycles. The third-order valence-electron chi connectivity index (χ3n) is 2.32. The molecule has 0 radical (unpaired) electrons. The molecule has 0 aliphatic carbocycles. The predicted molar refractivity (Wildman–Crippen MR) is 63.4 cm³/mol. The predicted octanol–water partition coefficient (Wildman–Crippen LogP) is 1.75. The zero-order valence-electron chi connectivity index (χ0n) is 9.88. The van der Waals surface area contributed by atoms with E-state index in [1.807, 2.05) is 0 Å². The maximum atomic E-state index is 13.6. The van der Waals surface area contributed by atoms with Gasteiger partial charge in [-0.2, -0.15) is 0 Å². The van der Waals surface area contributed by atoms with Gasteiger partial charge >= 0.3 is 0 Å². The summed E-state index contributed by atoms with van der Waals surface area (Å²) in [5, 5.41) is 12.6. The van der Waals surface area contributed by atoms with Crippen LogP contribution in [0.2, 0.25) is 5.02 Å². The molecule has 17 heavy (non-hydrogen) atoms. The van der Waals surface area contributed by atoms with E-state index in [1.54, 1.807) is 7.05 Å². The van der Waals surface area contributed by atoms with Crippen molar-refractivity contribution in [3.63, 3.8) is 0 Å². The number of hydrogen-bond acceptors (Lipinski definition) is 4. The quantitative estimate of drug-likeness (QED) is 0.850. The van der Waals surface area contributed by atoms with Gasteiger partial charge in [0.2, 0.25) is 0 Å². The molecule has 6 heteroatoms. The topological polar surface area (TPSA) is 50.7 Å². The lowest BCUT2D eigenvalue weighted by molar-refractivity contribution is 0.172. The molecule has 0 aromatic heterocycles. The molecule has 0 spiro atoms. The van der Waals surface area contributed by atoms with Crippen molar-refractivity contribution in [3.05, 3.63) is 22.5 Å². The van der Waals surface area contributed by atoms with Crippen molar-refractivity contribution in [3.8, 4) is 11.5 Å². The Morgan fingerprint density at radius 2 is 2.00 bits per heavy atom. The van der Waals surface area contributed by atoms with Gasteiger partial charge < -0.3 is 19.9 Å². The average molecular weight is 264 g/mol. The first-order valence-electron chi connectivity index (χ1n) is 4.99. The van der Waals surface area contributed by atoms with Gasteiger partial charge in [0.25, 0.3) is 0 Å². The fourth-order valence-electron chi connectivity index (χ4n) is 1.55. The lowest BCUT2D eigenvalue weighted by atomic mass is 10.1. The molecule has 0 aliphatic rings. The molecule has 2 N–H and O–H groups in total. The number of aliphatic hydroxyl groups excluding tert-OH is 1. The fraction of sp³-hybridized carbons (Fsp3) is 0.455. The van der Waals surface area contributed by atoms with Crippen LogP contribution in [0.1, 0.15) is 11.7 Å². The van der Waals surface area contributed by atoms with Crippen LogP contribution >= 0.6 is 11.6 Å². The van der Waals surface area contributed by atoms with Crippen LogP contribution in [-0.2, 0) is 0 Å². The van der Waals surface area contributed by atoms with Gasteiger partial charge in [-0.1, -0.05) is 11.6 Å². The number of likely N-dealkylation sites (N-methyl/N-ethyl adjacent to an activating group) is 1. The molecule has 0 saturated heterocycles. The Labute approximate surface area is 104 Å². The van der Waals surface area contributed by atoms with Crippen molar-refractivity contribution < 1.29 is 19.0 Å². The van der Waals surface area contributed by atoms with Crippen LogP contribution < -0.4 is 14.8 Å². The Bertz CT molecular complexity index is 401. The van der Waals surface area contributed by atoms with Gasteiger partial charge in [-0.25, -0.2) is 4.39 Å². The van der Waals surface area contributed by atoms with E-state index >= 15 is 0 Å². The van der Waals surface area contributed by atoms with Crippen molar-refractivity contribution >= 4 is 11.6 Å². The van der Waals surface area contributed by atoms with Crippen molar-refractivity contribution in [2.24, 2.45) is 0 Å². The van der Waals surface area contributed by atoms with Crippen LogP contribution in [0.3, 0.4) is 0 Å². The molecule has 0 heterocycles. The number of nitrogens with one attached hydrogen (secondary N) is 1. The maximum absolute atomic E-state index is 13.6. The van der Waals surface area contributed by atoms with Gasteiger partial charge in [0.15, 0.2) is 17.3 Å². The van der Waals surface area contributed by atoms with Crippen LogP contribution in [0.5, 0.6) is 11.5 Å². The number of ether oxygens (including phenoxy) is 2. The third-order valence-corrected chi connectivity index (χ3v) is 2.60. The first-order chi connectivity index (χ1) is 8.06. The van der Waals surface area contributed by atoms with E-state index in [4.69, 9.17) is 21.1 Å². The molecular formula is C11H15ClFNO3. The molecule has 4 nitrogen and oxygen atoms in total. The van der Waals surface area contributed by atoms with E-state index in [9.17, 15) is 9.50 Å². The highest BCUT2D eigenvalue weighted by Crippen LogP contribution is 2.40. The van der Waals surface area contributed by atoms with Gasteiger partial charge in [0.05, 0.1) is 25.3 Å². The minimum atomic E-state index is -0.859. The Morgan fingerprint density at radius 3 is 2.47 bits per heavy atom. The van der Waals surface area contributed by atoms with Crippen LogP contribution in [0, 0.1) is 5.82 Å². The summed E-state index contributed by atoms with van der Waals surface area (Å²) in [6, 6.07) is 1.33. The molecule has 1 aromatic carbocycles. The summed E-state index contributed by atoms with van der Waals surface area (Å²) in [6.45, 7) is 0.293. The molecule has 0 bridgehead atoms. The van der Waals surface area contributed by atoms with E-state index in [1.165, 1.54) is 20.3 Å². The molecule has 1 atom stereocenters. The summed E-state index contributed by atoms with van der Waals surface area (Å²) in [4.78, 5) is 0. The number of halogens is 2. The van der Waals surface area contributed by atoms with Gasteiger partial charge in [-0.05, 0) is 13.1 Å². The third kappa shape index (κ3) is 2.80. The van der Waals surface area contributed by atoms with E-state index in [2.05, 4.69) is 5.32 Å². The first kappa shape index (κ1) is 14.0. The minimum Gasteiger partial charge on any atom is -0.492 e. The SMILES string of the molecule is CNCC(O)c1cc(Cl)c(F)c(OC)c1OC. The normalized spacial score (nSPS) is 12.4. The number of rotatable bonds is 5. The van der Waals surface area contributed by atoms with E-state index < -0.39 is 11.9 Å². The molecule has 0 fully saturated rings. The molecule has 0 saturated carbocycles. The van der Waals surface area contributed by atoms with Crippen LogP contribution in [0.4, 0.5) is 4.39 Å². The summed E-state index contributed by atoms with van der Waals surface area (Å²) in [6.07, 6.45) is -0.859. The average Bonchev–Trinajstić information content (AvgIpc) is 2.32. The number of hydrogen-bond donors (Lipinski definition) is 2. The summed E-state index contributed by atoms with van der Waals surface area (Å²) in [7, 11) is 4.38. The Hall–Kier alpha value is -1.04. The van der Waals surface area contributed by atoms with Crippen LogP contribution in [-0.4, -0.2) is 32.9 Å². The minimum absolute atomic E-state index is 0.106. The van der Waals surface area contributed by atoms with Crippen LogP contribution in [0.25, 0.3) is 0 Å². The van der Waals surface area contributed by atoms with E-state index in [0.29, 0.717) is 12.1 Å². The monoisotopic (exact) mass is 263 g/mol. The molecular weight excluding hydrogens is 249 g/mol. The van der Waals surface area contributed by atoms with Crippen molar-refractivity contribution in [2.75, 3.05) is 27.8 Å². The fourth-order valence-corrected chi connectivity index (χ4v) is 1.75. The molecule has 96 valence electrons. The highest BCUT2D eigenvalue weighted by atomic mass is 35.5. The van der Waals surface area contributed by atoms with Crippen LogP contribution in [0.15, 0.2) is 6.07 Å². The lowest BCUT2D eigenvalue weighted by Gasteiger charge is -2.18. The molecule has 1 unspecified atom stereocenters. The summed E-state index contributed by atoms with van der Waals surface area (Å²) >= 11 is 5.73. The summed E-state index contributed by atoms with van der Waals surface area (Å²) in [5.41, 5.74) is 0.380. The van der Waals surface area contributed by atoms with Crippen molar-refractivity contribution in [1.82, 2.24) is 5.32 Å². The zero-order chi connectivity index (χ0) is 13.0. The van der Waals surface area contributed by atoms with E-state index in [0.717, 1.165) is 0 Å². The lowest BCUT2D eigenvalue weighted by Crippen LogP contribution is -2.17.